The highest BCUT2D eigenvalue weighted by molar-refractivity contribution is 9.10. The summed E-state index contributed by atoms with van der Waals surface area (Å²) in [5, 5.41) is 4.99. The largest absolute Gasteiger partial charge is 0.330 e. The number of nitrogens with zero attached hydrogens (tertiary/aromatic N) is 4. The summed E-state index contributed by atoms with van der Waals surface area (Å²) in [6.45, 7) is 12.3. The molecule has 2 aromatic rings. The molecule has 152 valence electrons. The number of anilines is 1. The molecule has 1 aromatic heterocycles. The highest BCUT2D eigenvalue weighted by Crippen LogP contribution is 2.55. The average molecular weight is 482 g/mol. The molecule has 0 bridgehead atoms. The standard InChI is InChI=1S/C20H29BrN5PS/c1-5-25(6-2)27(26(7-3)8-4,17-13-15-22-16-14-17)24-20(28)23-19-12-10-9-11-18(19)21/h9-16H,5-8H2,1-4H3,(H,23,28). The van der Waals surface area contributed by atoms with Crippen molar-refractivity contribution < 1.29 is 0 Å². The number of nitrogens with one attached hydrogen (secondary N) is 1. The Morgan fingerprint density at radius 3 is 2.04 bits per heavy atom. The molecular formula is C20H29BrN5PS. The summed E-state index contributed by atoms with van der Waals surface area (Å²) in [5.74, 6) is 0. The normalized spacial score (nSPS) is 11.7. The third-order valence-corrected chi connectivity index (χ3v) is 9.80. The molecule has 5 nitrogen and oxygen atoms in total. The van der Waals surface area contributed by atoms with Gasteiger partial charge in [0.25, 0.3) is 0 Å². The third kappa shape index (κ3) is 5.08. The van der Waals surface area contributed by atoms with Crippen LogP contribution in [-0.2, 0) is 0 Å². The predicted molar refractivity (Wildman–Crippen MR) is 129 cm³/mol. The van der Waals surface area contributed by atoms with Crippen LogP contribution in [0, 0.1) is 0 Å². The van der Waals surface area contributed by atoms with Crippen molar-refractivity contribution in [2.75, 3.05) is 31.5 Å². The molecule has 0 spiro atoms. The zero-order valence-electron chi connectivity index (χ0n) is 17.0. The second-order valence-corrected chi connectivity index (χ2v) is 10.3. The van der Waals surface area contributed by atoms with E-state index in [4.69, 9.17) is 17.0 Å². The first-order chi connectivity index (χ1) is 13.5. The van der Waals surface area contributed by atoms with Crippen LogP contribution in [0.3, 0.4) is 0 Å². The van der Waals surface area contributed by atoms with Gasteiger partial charge in [-0.2, -0.15) is 0 Å². The van der Waals surface area contributed by atoms with Gasteiger partial charge in [0.15, 0.2) is 5.11 Å². The predicted octanol–water partition coefficient (Wildman–Crippen LogP) is 5.58. The van der Waals surface area contributed by atoms with E-state index in [0.717, 1.165) is 36.3 Å². The Bertz CT molecular complexity index is 806. The zero-order valence-corrected chi connectivity index (χ0v) is 20.3. The zero-order chi connectivity index (χ0) is 20.6. The molecule has 0 aliphatic rings. The molecule has 0 unspecified atom stereocenters. The molecule has 1 heterocycles. The summed E-state index contributed by atoms with van der Waals surface area (Å²) in [6, 6.07) is 12.1. The fourth-order valence-corrected chi connectivity index (χ4v) is 7.93. The van der Waals surface area contributed by atoms with Crippen molar-refractivity contribution in [3.05, 3.63) is 53.3 Å². The molecule has 1 N–H and O–H groups in total. The number of aromatic nitrogens is 1. The maximum atomic E-state index is 5.73. The quantitative estimate of drug-likeness (QED) is 0.393. The molecule has 28 heavy (non-hydrogen) atoms. The number of para-hydroxylation sites is 1. The Balaban J connectivity index is 2.65. The van der Waals surface area contributed by atoms with E-state index in [1.165, 1.54) is 5.30 Å². The molecule has 0 atom stereocenters. The molecule has 0 amide bonds. The number of thiocarbonyl (C=S) groups is 1. The minimum Gasteiger partial charge on any atom is -0.330 e. The van der Waals surface area contributed by atoms with Crippen molar-refractivity contribution in [1.29, 1.82) is 0 Å². The highest BCUT2D eigenvalue weighted by Gasteiger charge is 2.34. The van der Waals surface area contributed by atoms with Crippen LogP contribution >= 0.6 is 35.5 Å². The molecule has 0 fully saturated rings. The van der Waals surface area contributed by atoms with Crippen molar-refractivity contribution in [1.82, 2.24) is 14.3 Å². The summed E-state index contributed by atoms with van der Waals surface area (Å²) in [4.78, 5) is 4.22. The van der Waals surface area contributed by atoms with Crippen LogP contribution in [0.2, 0.25) is 0 Å². The smallest absolute Gasteiger partial charge is 0.198 e. The van der Waals surface area contributed by atoms with E-state index in [9.17, 15) is 0 Å². The van der Waals surface area contributed by atoms with Crippen LogP contribution in [0.4, 0.5) is 5.69 Å². The summed E-state index contributed by atoms with van der Waals surface area (Å²) >= 11 is 9.31. The van der Waals surface area contributed by atoms with Gasteiger partial charge in [0, 0.05) is 48.3 Å². The Morgan fingerprint density at radius 1 is 1.00 bits per heavy atom. The van der Waals surface area contributed by atoms with Crippen LogP contribution in [0.5, 0.6) is 0 Å². The second kappa shape index (κ2) is 11.2. The first kappa shape index (κ1) is 23.2. The molecule has 0 radical (unpaired) electrons. The maximum absolute atomic E-state index is 5.73. The molecular weight excluding hydrogens is 453 g/mol. The van der Waals surface area contributed by atoms with Crippen molar-refractivity contribution in [3.63, 3.8) is 0 Å². The summed E-state index contributed by atoms with van der Waals surface area (Å²) in [6.07, 6.45) is 3.69. The summed E-state index contributed by atoms with van der Waals surface area (Å²) in [5.41, 5.74) is 0.920. The second-order valence-electron chi connectivity index (χ2n) is 6.06. The number of pyridine rings is 1. The van der Waals surface area contributed by atoms with E-state index in [0.29, 0.717) is 5.11 Å². The van der Waals surface area contributed by atoms with E-state index < -0.39 is 7.36 Å². The minimum absolute atomic E-state index is 0.496. The molecule has 0 aliphatic carbocycles. The van der Waals surface area contributed by atoms with Crippen molar-refractivity contribution in [3.8, 4) is 0 Å². The molecule has 0 saturated heterocycles. The molecule has 8 heteroatoms. The van der Waals surface area contributed by atoms with E-state index in [1.807, 2.05) is 36.7 Å². The van der Waals surface area contributed by atoms with Crippen LogP contribution < -0.4 is 10.6 Å². The first-order valence-electron chi connectivity index (χ1n) is 9.62. The highest BCUT2D eigenvalue weighted by atomic mass is 79.9. The van der Waals surface area contributed by atoms with Gasteiger partial charge in [-0.1, -0.05) is 39.8 Å². The molecule has 2 rings (SSSR count). The van der Waals surface area contributed by atoms with Gasteiger partial charge in [0.05, 0.1) is 5.69 Å². The molecule has 0 aliphatic heterocycles. The number of halogens is 1. The SMILES string of the molecule is CCN(CC)P(=NC(=S)Nc1ccccc1Br)(c1ccncc1)N(CC)CC. The van der Waals surface area contributed by atoms with Gasteiger partial charge < -0.3 is 5.32 Å². The van der Waals surface area contributed by atoms with Crippen LogP contribution in [-0.4, -0.2) is 45.6 Å². The minimum atomic E-state index is -2.24. The fourth-order valence-electron chi connectivity index (χ4n) is 3.30. The van der Waals surface area contributed by atoms with E-state index in [1.54, 1.807) is 0 Å². The summed E-state index contributed by atoms with van der Waals surface area (Å²) < 4.78 is 11.1. The third-order valence-electron chi connectivity index (χ3n) is 4.60. The Kier molecular flexibility index (Phi) is 9.25. The lowest BCUT2D eigenvalue weighted by Gasteiger charge is -2.42. The van der Waals surface area contributed by atoms with Gasteiger partial charge in [0.1, 0.15) is 7.36 Å². The molecule has 1 aromatic carbocycles. The monoisotopic (exact) mass is 481 g/mol. The number of hydrogen-bond donors (Lipinski definition) is 1. The van der Waals surface area contributed by atoms with Gasteiger partial charge in [-0.15, -0.1) is 0 Å². The number of hydrogen-bond acceptors (Lipinski definition) is 2. The summed E-state index contributed by atoms with van der Waals surface area (Å²) in [7, 11) is -2.24. The average Bonchev–Trinajstić information content (AvgIpc) is 2.71. The lowest BCUT2D eigenvalue weighted by atomic mass is 10.3. The Labute approximate surface area is 182 Å². The lowest BCUT2D eigenvalue weighted by Crippen LogP contribution is -2.38. The van der Waals surface area contributed by atoms with Gasteiger partial charge in [-0.25, -0.2) is 4.74 Å². The van der Waals surface area contributed by atoms with E-state index in [2.05, 4.69) is 75.4 Å². The Hall–Kier alpha value is -1.11. The van der Waals surface area contributed by atoms with Crippen molar-refractivity contribution in [2.24, 2.45) is 4.74 Å². The van der Waals surface area contributed by atoms with Gasteiger partial charge in [0.2, 0.25) is 0 Å². The van der Waals surface area contributed by atoms with Crippen molar-refractivity contribution >= 4 is 51.6 Å². The topological polar surface area (TPSA) is 43.8 Å². The van der Waals surface area contributed by atoms with Crippen LogP contribution in [0.1, 0.15) is 27.7 Å². The fraction of sp³-hybridized carbons (Fsp3) is 0.400. The van der Waals surface area contributed by atoms with Gasteiger partial charge >= 0.3 is 0 Å². The van der Waals surface area contributed by atoms with E-state index >= 15 is 0 Å². The van der Waals surface area contributed by atoms with Crippen LogP contribution in [0.25, 0.3) is 0 Å². The maximum Gasteiger partial charge on any atom is 0.198 e. The lowest BCUT2D eigenvalue weighted by molar-refractivity contribution is 0.421. The Morgan fingerprint density at radius 2 is 1.54 bits per heavy atom. The molecule has 0 saturated carbocycles. The van der Waals surface area contributed by atoms with Gasteiger partial charge in [-0.3, -0.25) is 14.3 Å². The van der Waals surface area contributed by atoms with E-state index in [-0.39, 0.29) is 0 Å². The number of benzene rings is 1. The number of rotatable bonds is 8. The van der Waals surface area contributed by atoms with Gasteiger partial charge in [-0.05, 0) is 52.4 Å². The van der Waals surface area contributed by atoms with Crippen LogP contribution in [0.15, 0.2) is 58.0 Å². The first-order valence-corrected chi connectivity index (χ1v) is 12.5. The van der Waals surface area contributed by atoms with Crippen molar-refractivity contribution in [2.45, 2.75) is 27.7 Å².